The number of rotatable bonds is 5. The third-order valence-corrected chi connectivity index (χ3v) is 5.30. The van der Waals surface area contributed by atoms with E-state index in [9.17, 15) is 4.79 Å². The Labute approximate surface area is 151 Å². The minimum absolute atomic E-state index is 0.153. The molecular weight excluding hydrogens is 332 g/mol. The van der Waals surface area contributed by atoms with Gasteiger partial charge in [-0.2, -0.15) is 4.99 Å². The Kier molecular flexibility index (Phi) is 5.34. The summed E-state index contributed by atoms with van der Waals surface area (Å²) in [6.45, 7) is 7.39. The van der Waals surface area contributed by atoms with Gasteiger partial charge < -0.3 is 9.30 Å². The molecule has 0 bridgehead atoms. The molecular formula is C20H22N2O2S. The van der Waals surface area contributed by atoms with Crippen molar-refractivity contribution in [3.8, 4) is 5.75 Å². The van der Waals surface area contributed by atoms with Crippen LogP contribution < -0.4 is 9.54 Å². The average Bonchev–Trinajstić information content (AvgIpc) is 2.98. The number of ether oxygens (including phenoxy) is 1. The second kappa shape index (κ2) is 7.66. The molecule has 1 aromatic heterocycles. The molecule has 2 aromatic carbocycles. The van der Waals surface area contributed by atoms with Gasteiger partial charge in [0.15, 0.2) is 4.80 Å². The smallest absolute Gasteiger partial charge is 0.251 e. The number of thiazole rings is 1. The van der Waals surface area contributed by atoms with Gasteiger partial charge in [-0.25, -0.2) is 0 Å². The van der Waals surface area contributed by atoms with Crippen molar-refractivity contribution in [2.45, 2.75) is 33.7 Å². The van der Waals surface area contributed by atoms with E-state index in [2.05, 4.69) is 42.5 Å². The molecule has 0 aliphatic heterocycles. The Morgan fingerprint density at radius 2 is 1.84 bits per heavy atom. The maximum Gasteiger partial charge on any atom is 0.251 e. The number of benzene rings is 2. The molecule has 130 valence electrons. The van der Waals surface area contributed by atoms with Gasteiger partial charge in [0.05, 0.1) is 23.2 Å². The molecule has 0 saturated carbocycles. The van der Waals surface area contributed by atoms with E-state index in [4.69, 9.17) is 4.74 Å². The van der Waals surface area contributed by atoms with E-state index < -0.39 is 0 Å². The number of nitrogens with zero attached hydrogens (tertiary/aromatic N) is 2. The van der Waals surface area contributed by atoms with Gasteiger partial charge in [-0.1, -0.05) is 41.7 Å². The molecule has 4 nitrogen and oxygen atoms in total. The predicted octanol–water partition coefficient (Wildman–Crippen LogP) is 4.24. The molecule has 0 radical (unpaired) electrons. The van der Waals surface area contributed by atoms with Gasteiger partial charge in [-0.15, -0.1) is 0 Å². The highest BCUT2D eigenvalue weighted by molar-refractivity contribution is 7.16. The van der Waals surface area contributed by atoms with E-state index in [1.54, 1.807) is 11.3 Å². The van der Waals surface area contributed by atoms with Crippen LogP contribution in [0.3, 0.4) is 0 Å². The fourth-order valence-corrected chi connectivity index (χ4v) is 4.05. The fourth-order valence-electron chi connectivity index (χ4n) is 2.79. The van der Waals surface area contributed by atoms with Crippen LogP contribution >= 0.6 is 11.3 Å². The summed E-state index contributed by atoms with van der Waals surface area (Å²) in [5.74, 6) is 0.618. The molecule has 5 heteroatoms. The van der Waals surface area contributed by atoms with Crippen LogP contribution in [0.5, 0.6) is 5.75 Å². The zero-order chi connectivity index (χ0) is 17.8. The van der Waals surface area contributed by atoms with Crippen molar-refractivity contribution in [2.75, 3.05) is 6.61 Å². The maximum absolute atomic E-state index is 12.3. The van der Waals surface area contributed by atoms with Gasteiger partial charge in [0.1, 0.15) is 5.75 Å². The summed E-state index contributed by atoms with van der Waals surface area (Å²) in [5.41, 5.74) is 3.61. The standard InChI is InChI=1S/C20H22N2O2S/c1-4-22-18-14(2)10-11-15(3)19(18)25-20(22)21-17(23)12-13-24-16-8-6-5-7-9-16/h5-11H,4,12-13H2,1-3H3. The van der Waals surface area contributed by atoms with Crippen molar-refractivity contribution >= 4 is 27.5 Å². The summed E-state index contributed by atoms with van der Waals surface area (Å²) < 4.78 is 8.91. The third kappa shape index (κ3) is 3.82. The molecule has 0 N–H and O–H groups in total. The van der Waals surface area contributed by atoms with Crippen LogP contribution in [-0.4, -0.2) is 17.1 Å². The summed E-state index contributed by atoms with van der Waals surface area (Å²) in [6.07, 6.45) is 0.269. The van der Waals surface area contributed by atoms with Crippen molar-refractivity contribution < 1.29 is 9.53 Å². The number of hydrogen-bond acceptors (Lipinski definition) is 3. The van der Waals surface area contributed by atoms with E-state index in [0.717, 1.165) is 17.1 Å². The van der Waals surface area contributed by atoms with Gasteiger partial charge in [0.25, 0.3) is 5.91 Å². The highest BCUT2D eigenvalue weighted by Crippen LogP contribution is 2.24. The van der Waals surface area contributed by atoms with Crippen LogP contribution in [0, 0.1) is 13.8 Å². The van der Waals surface area contributed by atoms with Crippen LogP contribution in [0.1, 0.15) is 24.5 Å². The van der Waals surface area contributed by atoms with E-state index in [1.165, 1.54) is 21.3 Å². The first-order valence-electron chi connectivity index (χ1n) is 8.45. The van der Waals surface area contributed by atoms with Crippen LogP contribution in [-0.2, 0) is 11.3 Å². The molecule has 0 aliphatic carbocycles. The van der Waals surface area contributed by atoms with Crippen molar-refractivity contribution in [2.24, 2.45) is 4.99 Å². The number of aromatic nitrogens is 1. The summed E-state index contributed by atoms with van der Waals surface area (Å²) in [6, 6.07) is 13.8. The third-order valence-electron chi connectivity index (χ3n) is 4.09. The van der Waals surface area contributed by atoms with Crippen molar-refractivity contribution in [3.63, 3.8) is 0 Å². The second-order valence-corrected chi connectivity index (χ2v) is 6.90. The van der Waals surface area contributed by atoms with Crippen LogP contribution in [0.25, 0.3) is 10.2 Å². The fraction of sp³-hybridized carbons (Fsp3) is 0.300. The minimum Gasteiger partial charge on any atom is -0.493 e. The maximum atomic E-state index is 12.3. The van der Waals surface area contributed by atoms with E-state index >= 15 is 0 Å². The zero-order valence-corrected chi connectivity index (χ0v) is 15.6. The Morgan fingerprint density at radius 1 is 1.12 bits per heavy atom. The summed E-state index contributed by atoms with van der Waals surface area (Å²) >= 11 is 1.58. The quantitative estimate of drug-likeness (QED) is 0.688. The number of carbonyl (C=O) groups excluding carboxylic acids is 1. The molecule has 1 amide bonds. The lowest BCUT2D eigenvalue weighted by molar-refractivity contribution is -0.118. The molecule has 25 heavy (non-hydrogen) atoms. The lowest BCUT2D eigenvalue weighted by Crippen LogP contribution is -2.17. The van der Waals surface area contributed by atoms with Gasteiger partial charge in [-0.3, -0.25) is 4.79 Å². The lowest BCUT2D eigenvalue weighted by Gasteiger charge is -2.05. The van der Waals surface area contributed by atoms with Crippen molar-refractivity contribution in [1.29, 1.82) is 0 Å². The van der Waals surface area contributed by atoms with Crippen molar-refractivity contribution in [3.05, 3.63) is 58.4 Å². The predicted molar refractivity (Wildman–Crippen MR) is 102 cm³/mol. The number of hydrogen-bond donors (Lipinski definition) is 0. The number of para-hydroxylation sites is 1. The van der Waals surface area contributed by atoms with E-state index in [0.29, 0.717) is 6.61 Å². The van der Waals surface area contributed by atoms with E-state index in [1.807, 2.05) is 30.3 Å². The highest BCUT2D eigenvalue weighted by Gasteiger charge is 2.11. The van der Waals surface area contributed by atoms with Gasteiger partial charge in [0, 0.05) is 6.54 Å². The summed E-state index contributed by atoms with van der Waals surface area (Å²) in [4.78, 5) is 17.4. The molecule has 0 spiro atoms. The monoisotopic (exact) mass is 354 g/mol. The van der Waals surface area contributed by atoms with Crippen LogP contribution in [0.4, 0.5) is 0 Å². The number of amides is 1. The molecule has 3 aromatic rings. The minimum atomic E-state index is -0.153. The number of fused-ring (bicyclic) bond motifs is 1. The average molecular weight is 354 g/mol. The van der Waals surface area contributed by atoms with Gasteiger partial charge >= 0.3 is 0 Å². The number of aryl methyl sites for hydroxylation is 3. The molecule has 0 unspecified atom stereocenters. The first kappa shape index (κ1) is 17.4. The summed E-state index contributed by atoms with van der Waals surface area (Å²) in [5, 5.41) is 0. The van der Waals surface area contributed by atoms with Gasteiger partial charge in [-0.05, 0) is 44.0 Å². The number of carbonyl (C=O) groups is 1. The topological polar surface area (TPSA) is 43.6 Å². The van der Waals surface area contributed by atoms with Crippen LogP contribution in [0.2, 0.25) is 0 Å². The molecule has 0 saturated heterocycles. The molecule has 0 aliphatic rings. The first-order chi connectivity index (χ1) is 12.1. The SMILES string of the molecule is CCn1c(=NC(=O)CCOc2ccccc2)sc2c(C)ccc(C)c21. The Hall–Kier alpha value is -2.40. The Bertz CT molecular complexity index is 955. The van der Waals surface area contributed by atoms with Crippen LogP contribution in [0.15, 0.2) is 47.5 Å². The Morgan fingerprint density at radius 3 is 2.56 bits per heavy atom. The molecule has 3 rings (SSSR count). The van der Waals surface area contributed by atoms with Crippen molar-refractivity contribution in [1.82, 2.24) is 4.57 Å². The normalized spacial score (nSPS) is 11.9. The van der Waals surface area contributed by atoms with E-state index in [-0.39, 0.29) is 12.3 Å². The summed E-state index contributed by atoms with van der Waals surface area (Å²) in [7, 11) is 0. The molecule has 0 fully saturated rings. The second-order valence-electron chi connectivity index (χ2n) is 5.92. The Balaban J connectivity index is 1.82. The lowest BCUT2D eigenvalue weighted by atomic mass is 10.1. The largest absolute Gasteiger partial charge is 0.493 e. The first-order valence-corrected chi connectivity index (χ1v) is 9.26. The highest BCUT2D eigenvalue weighted by atomic mass is 32.1. The zero-order valence-electron chi connectivity index (χ0n) is 14.8. The molecule has 1 heterocycles. The molecule has 0 atom stereocenters. The van der Waals surface area contributed by atoms with Gasteiger partial charge in [0.2, 0.25) is 0 Å².